The zero-order valence-electron chi connectivity index (χ0n) is 14.8. The van der Waals surface area contributed by atoms with Gasteiger partial charge < -0.3 is 10.0 Å². The van der Waals surface area contributed by atoms with Gasteiger partial charge in [-0.05, 0) is 17.7 Å². The van der Waals surface area contributed by atoms with E-state index in [1.807, 2.05) is 62.8 Å². The summed E-state index contributed by atoms with van der Waals surface area (Å²) in [6.45, 7) is 0. The lowest BCUT2D eigenvalue weighted by atomic mass is 10.1. The second kappa shape index (κ2) is 6.52. The Morgan fingerprint density at radius 2 is 1.73 bits per heavy atom. The molecule has 5 nitrogen and oxygen atoms in total. The summed E-state index contributed by atoms with van der Waals surface area (Å²) in [5.41, 5.74) is 5.32. The van der Waals surface area contributed by atoms with Crippen LogP contribution in [0, 0.1) is 0 Å². The van der Waals surface area contributed by atoms with Crippen molar-refractivity contribution in [2.24, 2.45) is 0 Å². The van der Waals surface area contributed by atoms with Crippen molar-refractivity contribution in [3.8, 4) is 17.1 Å². The molecule has 2 heterocycles. The number of anilines is 1. The van der Waals surface area contributed by atoms with Crippen molar-refractivity contribution in [2.45, 2.75) is 6.42 Å². The minimum absolute atomic E-state index is 0.164. The molecule has 0 amide bonds. The highest BCUT2D eigenvalue weighted by Crippen LogP contribution is 2.26. The molecule has 130 valence electrons. The van der Waals surface area contributed by atoms with E-state index in [1.165, 1.54) is 0 Å². The third-order valence-corrected chi connectivity index (χ3v) is 4.45. The van der Waals surface area contributed by atoms with Gasteiger partial charge in [-0.25, -0.2) is 4.98 Å². The minimum Gasteiger partial charge on any atom is -0.493 e. The first-order valence-electron chi connectivity index (χ1n) is 8.49. The minimum atomic E-state index is 0.164. The van der Waals surface area contributed by atoms with Crippen LogP contribution in [-0.4, -0.2) is 33.6 Å². The Morgan fingerprint density at radius 3 is 2.42 bits per heavy atom. The van der Waals surface area contributed by atoms with Crippen LogP contribution in [0.1, 0.15) is 11.3 Å². The lowest BCUT2D eigenvalue weighted by Gasteiger charge is -2.12. The first kappa shape index (κ1) is 16.1. The molecule has 4 aromatic rings. The van der Waals surface area contributed by atoms with Gasteiger partial charge in [0.15, 0.2) is 5.65 Å². The van der Waals surface area contributed by atoms with Crippen LogP contribution in [0.25, 0.3) is 16.9 Å². The van der Waals surface area contributed by atoms with Gasteiger partial charge in [0.2, 0.25) is 5.88 Å². The molecule has 26 heavy (non-hydrogen) atoms. The van der Waals surface area contributed by atoms with Gasteiger partial charge in [0.05, 0.1) is 11.9 Å². The van der Waals surface area contributed by atoms with E-state index in [1.54, 1.807) is 10.6 Å². The summed E-state index contributed by atoms with van der Waals surface area (Å²) >= 11 is 0. The van der Waals surface area contributed by atoms with Crippen LogP contribution in [0.4, 0.5) is 5.69 Å². The summed E-state index contributed by atoms with van der Waals surface area (Å²) in [4.78, 5) is 11.1. The molecule has 0 saturated heterocycles. The summed E-state index contributed by atoms with van der Waals surface area (Å²) in [6.07, 6.45) is 4.11. The van der Waals surface area contributed by atoms with Crippen molar-refractivity contribution < 1.29 is 5.11 Å². The number of nitrogens with zero attached hydrogens (tertiary/aromatic N) is 4. The topological polar surface area (TPSA) is 53.7 Å². The Kier molecular flexibility index (Phi) is 4.05. The standard InChI is InChI=1S/C21H20N4O/c1-24(2)17-10-8-16(9-11-17)19-14-25-20(13-22-19)23-18(21(25)26)12-15-6-4-3-5-7-15/h3-11,13-14,26H,12H2,1-2H3. The van der Waals surface area contributed by atoms with Crippen molar-refractivity contribution in [1.82, 2.24) is 14.4 Å². The quantitative estimate of drug-likeness (QED) is 0.612. The number of rotatable bonds is 4. The third kappa shape index (κ3) is 2.99. The lowest BCUT2D eigenvalue weighted by Crippen LogP contribution is -2.07. The molecule has 0 spiro atoms. The van der Waals surface area contributed by atoms with Gasteiger partial charge in [0.25, 0.3) is 0 Å². The van der Waals surface area contributed by atoms with Gasteiger partial charge in [-0.15, -0.1) is 0 Å². The first-order chi connectivity index (χ1) is 12.6. The second-order valence-corrected chi connectivity index (χ2v) is 6.49. The van der Waals surface area contributed by atoms with Gasteiger partial charge in [-0.1, -0.05) is 42.5 Å². The van der Waals surface area contributed by atoms with E-state index in [-0.39, 0.29) is 5.88 Å². The number of aromatic nitrogens is 3. The summed E-state index contributed by atoms with van der Waals surface area (Å²) in [5.74, 6) is 0.164. The monoisotopic (exact) mass is 344 g/mol. The highest BCUT2D eigenvalue weighted by molar-refractivity contribution is 5.64. The van der Waals surface area contributed by atoms with E-state index in [4.69, 9.17) is 0 Å². The fourth-order valence-electron chi connectivity index (χ4n) is 2.98. The summed E-state index contributed by atoms with van der Waals surface area (Å²) in [5, 5.41) is 10.6. The molecule has 0 radical (unpaired) electrons. The highest BCUT2D eigenvalue weighted by atomic mass is 16.3. The van der Waals surface area contributed by atoms with Gasteiger partial charge >= 0.3 is 0 Å². The number of benzene rings is 2. The fraction of sp³-hybridized carbons (Fsp3) is 0.143. The molecule has 0 aliphatic rings. The van der Waals surface area contributed by atoms with E-state index >= 15 is 0 Å². The van der Waals surface area contributed by atoms with Crippen LogP contribution in [0.5, 0.6) is 5.88 Å². The zero-order chi connectivity index (χ0) is 18.1. The van der Waals surface area contributed by atoms with E-state index < -0.39 is 0 Å². The SMILES string of the molecule is CN(C)c1ccc(-c2cn3c(O)c(Cc4ccccc4)nc3cn2)cc1. The van der Waals surface area contributed by atoms with Gasteiger partial charge in [0, 0.05) is 38.0 Å². The number of aromatic hydroxyl groups is 1. The Balaban J connectivity index is 1.70. The summed E-state index contributed by atoms with van der Waals surface area (Å²) in [6, 6.07) is 18.2. The molecule has 5 heteroatoms. The molecule has 0 bridgehead atoms. The van der Waals surface area contributed by atoms with Crippen molar-refractivity contribution in [3.63, 3.8) is 0 Å². The van der Waals surface area contributed by atoms with Crippen LogP contribution in [0.15, 0.2) is 67.0 Å². The molecule has 0 atom stereocenters. The van der Waals surface area contributed by atoms with Crippen LogP contribution in [0.2, 0.25) is 0 Å². The maximum atomic E-state index is 10.6. The van der Waals surface area contributed by atoms with Gasteiger partial charge in [-0.3, -0.25) is 9.38 Å². The molecule has 4 rings (SSSR count). The number of hydrogen-bond acceptors (Lipinski definition) is 4. The Hall–Kier alpha value is -3.34. The van der Waals surface area contributed by atoms with E-state index in [0.29, 0.717) is 17.8 Å². The molecule has 0 aliphatic carbocycles. The number of imidazole rings is 1. The Labute approximate surface area is 152 Å². The molecule has 2 aromatic carbocycles. The molecule has 1 N–H and O–H groups in total. The molecule has 0 fully saturated rings. The third-order valence-electron chi connectivity index (χ3n) is 4.45. The molecule has 0 unspecified atom stereocenters. The van der Waals surface area contributed by atoms with Crippen molar-refractivity contribution in [1.29, 1.82) is 0 Å². The van der Waals surface area contributed by atoms with Crippen LogP contribution < -0.4 is 4.90 Å². The maximum Gasteiger partial charge on any atom is 0.219 e. The summed E-state index contributed by atoms with van der Waals surface area (Å²) in [7, 11) is 4.02. The molecule has 0 saturated carbocycles. The second-order valence-electron chi connectivity index (χ2n) is 6.49. The average molecular weight is 344 g/mol. The van der Waals surface area contributed by atoms with Crippen molar-refractivity contribution >= 4 is 11.3 Å². The highest BCUT2D eigenvalue weighted by Gasteiger charge is 2.13. The maximum absolute atomic E-state index is 10.6. The normalized spacial score (nSPS) is 11.0. The molecule has 2 aromatic heterocycles. The summed E-state index contributed by atoms with van der Waals surface area (Å²) < 4.78 is 1.69. The largest absolute Gasteiger partial charge is 0.493 e. The van der Waals surface area contributed by atoms with Gasteiger partial charge in [-0.2, -0.15) is 0 Å². The van der Waals surface area contributed by atoms with Crippen LogP contribution in [-0.2, 0) is 6.42 Å². The Bertz CT molecular complexity index is 1040. The van der Waals surface area contributed by atoms with Crippen LogP contribution in [0.3, 0.4) is 0 Å². The van der Waals surface area contributed by atoms with E-state index in [9.17, 15) is 5.11 Å². The number of fused-ring (bicyclic) bond motifs is 1. The fourth-order valence-corrected chi connectivity index (χ4v) is 2.98. The van der Waals surface area contributed by atoms with E-state index in [2.05, 4.69) is 27.0 Å². The van der Waals surface area contributed by atoms with Crippen molar-refractivity contribution in [2.75, 3.05) is 19.0 Å². The average Bonchev–Trinajstić information content (AvgIpc) is 2.98. The molecular weight excluding hydrogens is 324 g/mol. The predicted octanol–water partition coefficient (Wildman–Crippen LogP) is 3.76. The van der Waals surface area contributed by atoms with Crippen LogP contribution >= 0.6 is 0 Å². The Morgan fingerprint density at radius 1 is 1.00 bits per heavy atom. The van der Waals surface area contributed by atoms with Crippen molar-refractivity contribution in [3.05, 3.63) is 78.2 Å². The van der Waals surface area contributed by atoms with E-state index in [0.717, 1.165) is 22.5 Å². The number of hydrogen-bond donors (Lipinski definition) is 1. The molecular formula is C21H20N4O. The lowest BCUT2D eigenvalue weighted by molar-refractivity contribution is 0.442. The smallest absolute Gasteiger partial charge is 0.219 e. The molecule has 0 aliphatic heterocycles. The van der Waals surface area contributed by atoms with Gasteiger partial charge in [0.1, 0.15) is 5.69 Å². The predicted molar refractivity (Wildman–Crippen MR) is 104 cm³/mol. The first-order valence-corrected chi connectivity index (χ1v) is 8.49. The zero-order valence-corrected chi connectivity index (χ0v) is 14.8.